The van der Waals surface area contributed by atoms with Crippen LogP contribution in [-0.4, -0.2) is 29.6 Å². The zero-order chi connectivity index (χ0) is 25.5. The van der Waals surface area contributed by atoms with Crippen LogP contribution in [0, 0.1) is 0 Å². The maximum Gasteiger partial charge on any atom is 0.341 e. The summed E-state index contributed by atoms with van der Waals surface area (Å²) in [6.07, 6.45) is 0. The minimum absolute atomic E-state index is 0.170. The van der Waals surface area contributed by atoms with E-state index in [0.717, 1.165) is 16.0 Å². The third-order valence-electron chi connectivity index (χ3n) is 5.11. The Morgan fingerprint density at radius 1 is 0.972 bits per heavy atom. The van der Waals surface area contributed by atoms with E-state index in [1.165, 1.54) is 34.4 Å². The van der Waals surface area contributed by atoms with Gasteiger partial charge in [-0.05, 0) is 49.1 Å². The zero-order valence-electron chi connectivity index (χ0n) is 19.6. The van der Waals surface area contributed by atoms with Crippen molar-refractivity contribution in [2.24, 2.45) is 0 Å². The van der Waals surface area contributed by atoms with E-state index in [-0.39, 0.29) is 18.4 Å². The van der Waals surface area contributed by atoms with Gasteiger partial charge in [0.25, 0.3) is 5.91 Å². The van der Waals surface area contributed by atoms with Crippen LogP contribution >= 0.6 is 34.4 Å². The normalized spacial score (nSPS) is 11.5. The number of ether oxygens (including phenoxy) is 1. The van der Waals surface area contributed by atoms with Gasteiger partial charge in [0.1, 0.15) is 10.6 Å². The molecule has 0 radical (unpaired) electrons. The van der Waals surface area contributed by atoms with Crippen molar-refractivity contribution in [3.63, 3.8) is 0 Å². The van der Waals surface area contributed by atoms with Gasteiger partial charge in [-0.3, -0.25) is 9.59 Å². The van der Waals surface area contributed by atoms with E-state index < -0.39 is 11.2 Å². The Labute approximate surface area is 221 Å². The third kappa shape index (κ3) is 6.23. The monoisotopic (exact) mass is 536 g/mol. The highest BCUT2D eigenvalue weighted by Gasteiger charge is 2.24. The Balaban J connectivity index is 1.47. The number of anilines is 2. The summed E-state index contributed by atoms with van der Waals surface area (Å²) in [7, 11) is 0. The molecule has 0 saturated carbocycles. The quantitative estimate of drug-likeness (QED) is 0.177. The Kier molecular flexibility index (Phi) is 8.58. The molecule has 2 heterocycles. The average molecular weight is 537 g/mol. The third-order valence-corrected chi connectivity index (χ3v) is 7.97. The van der Waals surface area contributed by atoms with E-state index in [1.54, 1.807) is 19.9 Å². The van der Waals surface area contributed by atoms with Gasteiger partial charge in [-0.1, -0.05) is 42.5 Å². The summed E-state index contributed by atoms with van der Waals surface area (Å²) in [6.45, 7) is 3.79. The first kappa shape index (κ1) is 25.7. The summed E-state index contributed by atoms with van der Waals surface area (Å²) in [4.78, 5) is 39.7. The molecule has 0 aliphatic rings. The molecule has 4 aromatic rings. The molecule has 36 heavy (non-hydrogen) atoms. The number of nitrogens with one attached hydrogen (secondary N) is 2. The van der Waals surface area contributed by atoms with Gasteiger partial charge in [0.2, 0.25) is 5.91 Å². The van der Waals surface area contributed by atoms with Crippen molar-refractivity contribution in [1.29, 1.82) is 0 Å². The van der Waals surface area contributed by atoms with E-state index in [0.29, 0.717) is 21.1 Å². The van der Waals surface area contributed by atoms with E-state index in [2.05, 4.69) is 10.6 Å². The Morgan fingerprint density at radius 2 is 1.78 bits per heavy atom. The number of thiophene rings is 2. The van der Waals surface area contributed by atoms with Crippen molar-refractivity contribution in [3.05, 3.63) is 87.9 Å². The molecule has 9 heteroatoms. The van der Waals surface area contributed by atoms with Crippen LogP contribution in [0.2, 0.25) is 0 Å². The molecular weight excluding hydrogens is 513 g/mol. The van der Waals surface area contributed by atoms with Crippen LogP contribution in [0.25, 0.3) is 11.1 Å². The van der Waals surface area contributed by atoms with Crippen molar-refractivity contribution in [2.45, 2.75) is 24.0 Å². The van der Waals surface area contributed by atoms with Crippen LogP contribution in [0.15, 0.2) is 82.4 Å². The van der Waals surface area contributed by atoms with Crippen molar-refractivity contribution in [3.8, 4) is 11.1 Å². The minimum atomic E-state index is -0.470. The minimum Gasteiger partial charge on any atom is -0.462 e. The summed E-state index contributed by atoms with van der Waals surface area (Å²) in [5.41, 5.74) is 2.61. The van der Waals surface area contributed by atoms with E-state index >= 15 is 0 Å². The lowest BCUT2D eigenvalue weighted by Gasteiger charge is -2.13. The Hall–Kier alpha value is -3.40. The predicted octanol–water partition coefficient (Wildman–Crippen LogP) is 7.02. The summed E-state index contributed by atoms with van der Waals surface area (Å²) in [6, 6.07) is 20.5. The maximum atomic E-state index is 13.1. The van der Waals surface area contributed by atoms with Crippen molar-refractivity contribution in [2.75, 3.05) is 17.2 Å². The number of carbonyl (C=O) groups excluding carboxylic acids is 3. The number of hydrogen-bond donors (Lipinski definition) is 2. The lowest BCUT2D eigenvalue weighted by Crippen LogP contribution is -2.23. The topological polar surface area (TPSA) is 84.5 Å². The molecule has 2 amide bonds. The molecule has 1 atom stereocenters. The summed E-state index contributed by atoms with van der Waals surface area (Å²) < 4.78 is 5.28. The van der Waals surface area contributed by atoms with Gasteiger partial charge in [0.15, 0.2) is 0 Å². The van der Waals surface area contributed by atoms with E-state index in [1.807, 2.05) is 71.4 Å². The van der Waals surface area contributed by atoms with Gasteiger partial charge < -0.3 is 15.4 Å². The zero-order valence-corrected chi connectivity index (χ0v) is 22.1. The summed E-state index contributed by atoms with van der Waals surface area (Å²) >= 11 is 4.04. The van der Waals surface area contributed by atoms with Crippen LogP contribution in [0.4, 0.5) is 10.7 Å². The first-order valence-corrected chi connectivity index (χ1v) is 13.9. The standard InChI is InChI=1S/C27H24N2O4S3/c1-3-33-27(32)23-21(18-9-5-4-6-10-18)16-35-26(23)29-24(30)17(2)36-20-12-7-11-19(15-20)28-25(31)22-13-8-14-34-22/h4-17H,3H2,1-2H3,(H,28,31)(H,29,30). The SMILES string of the molecule is CCOC(=O)c1c(-c2ccccc2)csc1NC(=O)C(C)Sc1cccc(NC(=O)c2cccs2)c1. The van der Waals surface area contributed by atoms with Gasteiger partial charge in [0.05, 0.1) is 16.7 Å². The number of hydrogen-bond acceptors (Lipinski definition) is 7. The summed E-state index contributed by atoms with van der Waals surface area (Å²) in [5, 5.41) is 9.52. The van der Waals surface area contributed by atoms with Gasteiger partial charge in [-0.25, -0.2) is 4.79 Å². The van der Waals surface area contributed by atoms with Crippen LogP contribution in [0.3, 0.4) is 0 Å². The molecule has 0 aliphatic heterocycles. The number of rotatable bonds is 9. The molecule has 0 aliphatic carbocycles. The van der Waals surface area contributed by atoms with Crippen molar-refractivity contribution >= 4 is 62.9 Å². The molecule has 0 fully saturated rings. The fraction of sp³-hybridized carbons (Fsp3) is 0.148. The van der Waals surface area contributed by atoms with Crippen LogP contribution < -0.4 is 10.6 Å². The lowest BCUT2D eigenvalue weighted by molar-refractivity contribution is -0.115. The fourth-order valence-corrected chi connectivity index (χ4v) is 5.91. The molecule has 2 aromatic carbocycles. The van der Waals surface area contributed by atoms with E-state index in [4.69, 9.17) is 4.74 Å². The molecule has 1 unspecified atom stereocenters. The fourth-order valence-electron chi connectivity index (χ4n) is 3.40. The number of amides is 2. The largest absolute Gasteiger partial charge is 0.462 e. The molecule has 4 rings (SSSR count). The number of carbonyl (C=O) groups is 3. The van der Waals surface area contributed by atoms with Gasteiger partial charge in [-0.15, -0.1) is 34.4 Å². The molecule has 184 valence electrons. The highest BCUT2D eigenvalue weighted by molar-refractivity contribution is 8.00. The second-order valence-corrected chi connectivity index (χ2v) is 10.9. The van der Waals surface area contributed by atoms with Crippen LogP contribution in [0.5, 0.6) is 0 Å². The van der Waals surface area contributed by atoms with Crippen LogP contribution in [0.1, 0.15) is 33.9 Å². The predicted molar refractivity (Wildman–Crippen MR) is 148 cm³/mol. The smallest absolute Gasteiger partial charge is 0.341 e. The molecule has 0 bridgehead atoms. The number of esters is 1. The first-order valence-electron chi connectivity index (χ1n) is 11.2. The Bertz CT molecular complexity index is 1350. The number of benzene rings is 2. The van der Waals surface area contributed by atoms with Crippen LogP contribution in [-0.2, 0) is 9.53 Å². The molecule has 0 saturated heterocycles. The molecular formula is C27H24N2O4S3. The van der Waals surface area contributed by atoms with Gasteiger partial charge >= 0.3 is 5.97 Å². The highest BCUT2D eigenvalue weighted by Crippen LogP contribution is 2.37. The second kappa shape index (κ2) is 12.0. The summed E-state index contributed by atoms with van der Waals surface area (Å²) in [5.74, 6) is -0.876. The van der Waals surface area contributed by atoms with Gasteiger partial charge in [-0.2, -0.15) is 0 Å². The van der Waals surface area contributed by atoms with Crippen molar-refractivity contribution < 1.29 is 19.1 Å². The maximum absolute atomic E-state index is 13.1. The first-order chi connectivity index (χ1) is 17.5. The van der Waals surface area contributed by atoms with Gasteiger partial charge in [0, 0.05) is 21.5 Å². The lowest BCUT2D eigenvalue weighted by atomic mass is 10.0. The highest BCUT2D eigenvalue weighted by atomic mass is 32.2. The molecule has 0 spiro atoms. The second-order valence-electron chi connectivity index (χ2n) is 7.65. The van der Waals surface area contributed by atoms with E-state index in [9.17, 15) is 14.4 Å². The molecule has 2 aromatic heterocycles. The molecule has 2 N–H and O–H groups in total. The van der Waals surface area contributed by atoms with Crippen molar-refractivity contribution in [1.82, 2.24) is 0 Å². The Morgan fingerprint density at radius 3 is 2.50 bits per heavy atom. The number of thioether (sulfide) groups is 1. The average Bonchev–Trinajstić information content (AvgIpc) is 3.56. The molecule has 6 nitrogen and oxygen atoms in total.